The van der Waals surface area contributed by atoms with Crippen molar-refractivity contribution in [3.05, 3.63) is 29.6 Å². The van der Waals surface area contributed by atoms with Crippen LogP contribution in [-0.2, 0) is 9.59 Å². The molecule has 1 aliphatic heterocycles. The SMILES string of the molecule is Cc1cc(F)ccc1NC1CC(=O)NC1=O. The normalized spacial score (nSPS) is 19.8. The number of benzene rings is 1. The molecular weight excluding hydrogens is 211 g/mol. The second kappa shape index (κ2) is 3.92. The van der Waals surface area contributed by atoms with Gasteiger partial charge in [0.2, 0.25) is 11.8 Å². The van der Waals surface area contributed by atoms with E-state index in [0.29, 0.717) is 11.3 Å². The topological polar surface area (TPSA) is 58.2 Å². The predicted molar refractivity (Wildman–Crippen MR) is 56.3 cm³/mol. The molecule has 1 saturated heterocycles. The minimum absolute atomic E-state index is 0.121. The largest absolute Gasteiger partial charge is 0.373 e. The van der Waals surface area contributed by atoms with Crippen LogP contribution < -0.4 is 10.6 Å². The number of carbonyl (C=O) groups is 2. The van der Waals surface area contributed by atoms with Crippen LogP contribution in [-0.4, -0.2) is 17.9 Å². The smallest absolute Gasteiger partial charge is 0.249 e. The molecule has 1 aliphatic rings. The molecule has 2 amide bonds. The summed E-state index contributed by atoms with van der Waals surface area (Å²) < 4.78 is 12.8. The first-order valence-electron chi connectivity index (χ1n) is 4.92. The van der Waals surface area contributed by atoms with Gasteiger partial charge < -0.3 is 5.32 Å². The summed E-state index contributed by atoms with van der Waals surface area (Å²) in [6.45, 7) is 1.74. The first kappa shape index (κ1) is 10.6. The summed E-state index contributed by atoms with van der Waals surface area (Å²) >= 11 is 0. The van der Waals surface area contributed by atoms with Crippen molar-refractivity contribution in [2.75, 3.05) is 5.32 Å². The van der Waals surface area contributed by atoms with E-state index in [-0.39, 0.29) is 24.1 Å². The molecule has 1 atom stereocenters. The van der Waals surface area contributed by atoms with E-state index in [0.717, 1.165) is 0 Å². The van der Waals surface area contributed by atoms with Gasteiger partial charge in [-0.2, -0.15) is 0 Å². The minimum atomic E-state index is -0.559. The van der Waals surface area contributed by atoms with Crippen molar-refractivity contribution in [1.29, 1.82) is 0 Å². The highest BCUT2D eigenvalue weighted by Crippen LogP contribution is 2.18. The Morgan fingerprint density at radius 1 is 1.44 bits per heavy atom. The molecule has 1 aromatic rings. The van der Waals surface area contributed by atoms with Gasteiger partial charge in [0.25, 0.3) is 0 Å². The second-order valence-electron chi connectivity index (χ2n) is 3.77. The molecule has 16 heavy (non-hydrogen) atoms. The van der Waals surface area contributed by atoms with E-state index in [4.69, 9.17) is 0 Å². The van der Waals surface area contributed by atoms with E-state index >= 15 is 0 Å². The van der Waals surface area contributed by atoms with Crippen molar-refractivity contribution in [3.63, 3.8) is 0 Å². The maximum atomic E-state index is 12.8. The molecule has 2 N–H and O–H groups in total. The van der Waals surface area contributed by atoms with E-state index in [1.165, 1.54) is 12.1 Å². The summed E-state index contributed by atoms with van der Waals surface area (Å²) in [4.78, 5) is 22.3. The molecule has 0 saturated carbocycles. The number of amides is 2. The number of imide groups is 1. The number of halogens is 1. The molecule has 5 heteroatoms. The van der Waals surface area contributed by atoms with Crippen molar-refractivity contribution in [1.82, 2.24) is 5.32 Å². The lowest BCUT2D eigenvalue weighted by Gasteiger charge is -2.12. The van der Waals surface area contributed by atoms with Gasteiger partial charge >= 0.3 is 0 Å². The maximum absolute atomic E-state index is 12.8. The highest BCUT2D eigenvalue weighted by molar-refractivity contribution is 6.06. The van der Waals surface area contributed by atoms with E-state index in [9.17, 15) is 14.0 Å². The van der Waals surface area contributed by atoms with Gasteiger partial charge in [-0.3, -0.25) is 14.9 Å². The molecule has 2 rings (SSSR count). The van der Waals surface area contributed by atoms with Gasteiger partial charge in [0.05, 0.1) is 6.42 Å². The Bertz CT molecular complexity index is 459. The lowest BCUT2D eigenvalue weighted by Crippen LogP contribution is -2.30. The molecule has 1 heterocycles. The van der Waals surface area contributed by atoms with E-state index < -0.39 is 6.04 Å². The van der Waals surface area contributed by atoms with Crippen molar-refractivity contribution in [2.24, 2.45) is 0 Å². The molecule has 1 unspecified atom stereocenters. The van der Waals surface area contributed by atoms with Crippen LogP contribution >= 0.6 is 0 Å². The number of carbonyl (C=O) groups excluding carboxylic acids is 2. The summed E-state index contributed by atoms with van der Waals surface area (Å²) in [5.41, 5.74) is 1.36. The zero-order valence-corrected chi connectivity index (χ0v) is 8.71. The van der Waals surface area contributed by atoms with Crippen LogP contribution in [0.1, 0.15) is 12.0 Å². The summed E-state index contributed by atoms with van der Waals surface area (Å²) in [6.07, 6.45) is 0.121. The Balaban J connectivity index is 2.15. The van der Waals surface area contributed by atoms with E-state index in [1.54, 1.807) is 13.0 Å². The summed E-state index contributed by atoms with van der Waals surface area (Å²) in [6, 6.07) is 3.68. The zero-order valence-electron chi connectivity index (χ0n) is 8.71. The summed E-state index contributed by atoms with van der Waals surface area (Å²) in [5, 5.41) is 5.12. The molecule has 0 bridgehead atoms. The maximum Gasteiger partial charge on any atom is 0.249 e. The van der Waals surface area contributed by atoms with Gasteiger partial charge in [0, 0.05) is 5.69 Å². The first-order valence-corrected chi connectivity index (χ1v) is 4.92. The Labute approximate surface area is 91.8 Å². The van der Waals surface area contributed by atoms with Crippen LogP contribution in [0.25, 0.3) is 0 Å². The summed E-state index contributed by atoms with van der Waals surface area (Å²) in [5.74, 6) is -0.953. The van der Waals surface area contributed by atoms with Gasteiger partial charge in [-0.15, -0.1) is 0 Å². The molecular formula is C11H11FN2O2. The Morgan fingerprint density at radius 3 is 2.75 bits per heavy atom. The minimum Gasteiger partial charge on any atom is -0.373 e. The quantitative estimate of drug-likeness (QED) is 0.733. The number of aryl methyl sites for hydroxylation is 1. The molecule has 1 fully saturated rings. The Kier molecular flexibility index (Phi) is 2.60. The van der Waals surface area contributed by atoms with Gasteiger partial charge in [0.1, 0.15) is 11.9 Å². The number of rotatable bonds is 2. The van der Waals surface area contributed by atoms with Gasteiger partial charge in [-0.25, -0.2) is 4.39 Å². The van der Waals surface area contributed by atoms with Gasteiger partial charge in [-0.05, 0) is 30.7 Å². The molecule has 4 nitrogen and oxygen atoms in total. The van der Waals surface area contributed by atoms with E-state index in [1.807, 2.05) is 0 Å². The molecule has 0 spiro atoms. The van der Waals surface area contributed by atoms with E-state index in [2.05, 4.69) is 10.6 Å². The van der Waals surface area contributed by atoms with Crippen LogP contribution in [0, 0.1) is 12.7 Å². The van der Waals surface area contributed by atoms with Crippen LogP contribution in [0.2, 0.25) is 0 Å². The molecule has 0 aromatic heterocycles. The zero-order chi connectivity index (χ0) is 11.7. The van der Waals surface area contributed by atoms with Crippen molar-refractivity contribution >= 4 is 17.5 Å². The van der Waals surface area contributed by atoms with Crippen LogP contribution in [0.5, 0.6) is 0 Å². The van der Waals surface area contributed by atoms with Crippen molar-refractivity contribution in [2.45, 2.75) is 19.4 Å². The average Bonchev–Trinajstić information content (AvgIpc) is 2.50. The first-order chi connectivity index (χ1) is 7.56. The average molecular weight is 222 g/mol. The molecule has 0 radical (unpaired) electrons. The van der Waals surface area contributed by atoms with Crippen LogP contribution in [0.4, 0.5) is 10.1 Å². The predicted octanol–water partition coefficient (Wildman–Crippen LogP) is 0.961. The van der Waals surface area contributed by atoms with Gasteiger partial charge in [0.15, 0.2) is 0 Å². The van der Waals surface area contributed by atoms with Crippen LogP contribution in [0.15, 0.2) is 18.2 Å². The highest BCUT2D eigenvalue weighted by atomic mass is 19.1. The number of hydrogen-bond donors (Lipinski definition) is 2. The molecule has 1 aromatic carbocycles. The second-order valence-corrected chi connectivity index (χ2v) is 3.77. The number of hydrogen-bond acceptors (Lipinski definition) is 3. The lowest BCUT2D eigenvalue weighted by molar-refractivity contribution is -0.124. The van der Waals surface area contributed by atoms with Crippen molar-refractivity contribution in [3.8, 4) is 0 Å². The molecule has 0 aliphatic carbocycles. The summed E-state index contributed by atoms with van der Waals surface area (Å²) in [7, 11) is 0. The third-order valence-electron chi connectivity index (χ3n) is 2.49. The number of anilines is 1. The third kappa shape index (κ3) is 2.03. The molecule has 84 valence electrons. The fourth-order valence-electron chi connectivity index (χ4n) is 1.65. The lowest BCUT2D eigenvalue weighted by atomic mass is 10.1. The highest BCUT2D eigenvalue weighted by Gasteiger charge is 2.30. The Hall–Kier alpha value is -1.91. The fourth-order valence-corrected chi connectivity index (χ4v) is 1.65. The van der Waals surface area contributed by atoms with Crippen molar-refractivity contribution < 1.29 is 14.0 Å². The van der Waals surface area contributed by atoms with Gasteiger partial charge in [-0.1, -0.05) is 0 Å². The van der Waals surface area contributed by atoms with Crippen LogP contribution in [0.3, 0.4) is 0 Å². The Morgan fingerprint density at radius 2 is 2.19 bits per heavy atom. The number of nitrogens with one attached hydrogen (secondary N) is 2. The standard InChI is InChI=1S/C11H11FN2O2/c1-6-4-7(12)2-3-8(6)13-9-5-10(15)14-11(9)16/h2-4,9,13H,5H2,1H3,(H,14,15,16). The monoisotopic (exact) mass is 222 g/mol. The third-order valence-corrected chi connectivity index (χ3v) is 2.49. The fraction of sp³-hybridized carbons (Fsp3) is 0.273.